The SMILES string of the molecule is CC(OC(=O)O)(C(=O)O)C(=O)O. The highest BCUT2D eigenvalue weighted by atomic mass is 16.7. The predicted octanol–water partition coefficient (Wildman–Crippen LogP) is -0.391. The first kappa shape index (κ1) is 10.2. The zero-order valence-electron chi connectivity index (χ0n) is 5.97. The highest BCUT2D eigenvalue weighted by Gasteiger charge is 2.46. The van der Waals surface area contributed by atoms with Crippen molar-refractivity contribution in [1.29, 1.82) is 0 Å². The van der Waals surface area contributed by atoms with Crippen LogP contribution in [0.1, 0.15) is 6.92 Å². The Labute approximate surface area is 66.2 Å². The summed E-state index contributed by atoms with van der Waals surface area (Å²) >= 11 is 0. The minimum Gasteiger partial charge on any atom is -0.478 e. The lowest BCUT2D eigenvalue weighted by Crippen LogP contribution is -2.47. The highest BCUT2D eigenvalue weighted by molar-refractivity contribution is 6.02. The maximum Gasteiger partial charge on any atom is 0.507 e. The van der Waals surface area contributed by atoms with E-state index in [1.807, 2.05) is 0 Å². The molecule has 0 unspecified atom stereocenters. The second-order valence-corrected chi connectivity index (χ2v) is 2.01. The highest BCUT2D eigenvalue weighted by Crippen LogP contribution is 2.10. The van der Waals surface area contributed by atoms with Crippen molar-refractivity contribution in [3.63, 3.8) is 0 Å². The van der Waals surface area contributed by atoms with Gasteiger partial charge in [0.1, 0.15) is 0 Å². The van der Waals surface area contributed by atoms with E-state index in [1.165, 1.54) is 0 Å². The lowest BCUT2D eigenvalue weighted by atomic mass is 10.1. The molecule has 0 aromatic heterocycles. The predicted molar refractivity (Wildman–Crippen MR) is 32.8 cm³/mol. The topological polar surface area (TPSA) is 121 Å². The van der Waals surface area contributed by atoms with E-state index < -0.39 is 23.7 Å². The first-order valence-electron chi connectivity index (χ1n) is 2.69. The second kappa shape index (κ2) is 3.07. The molecule has 7 heteroatoms. The molecule has 0 amide bonds. The van der Waals surface area contributed by atoms with Crippen LogP contribution in [0, 0.1) is 0 Å². The molecule has 68 valence electrons. The fourth-order valence-corrected chi connectivity index (χ4v) is 0.353. The van der Waals surface area contributed by atoms with Crippen LogP contribution in [-0.4, -0.2) is 39.0 Å². The minimum absolute atomic E-state index is 0.631. The van der Waals surface area contributed by atoms with Gasteiger partial charge in [-0.1, -0.05) is 0 Å². The fourth-order valence-electron chi connectivity index (χ4n) is 0.353. The number of aliphatic carboxylic acids is 2. The monoisotopic (exact) mass is 178 g/mol. The Morgan fingerprint density at radius 1 is 1.08 bits per heavy atom. The van der Waals surface area contributed by atoms with Gasteiger partial charge in [0.25, 0.3) is 0 Å². The third-order valence-corrected chi connectivity index (χ3v) is 1.11. The van der Waals surface area contributed by atoms with E-state index in [9.17, 15) is 14.4 Å². The Bertz CT molecular complexity index is 216. The Morgan fingerprint density at radius 2 is 1.42 bits per heavy atom. The van der Waals surface area contributed by atoms with Crippen molar-refractivity contribution in [3.8, 4) is 0 Å². The van der Waals surface area contributed by atoms with Gasteiger partial charge >= 0.3 is 23.7 Å². The molecule has 7 nitrogen and oxygen atoms in total. The van der Waals surface area contributed by atoms with Crippen molar-refractivity contribution in [3.05, 3.63) is 0 Å². The van der Waals surface area contributed by atoms with Crippen molar-refractivity contribution in [1.82, 2.24) is 0 Å². The lowest BCUT2D eigenvalue weighted by Gasteiger charge is -2.17. The van der Waals surface area contributed by atoms with Gasteiger partial charge in [0, 0.05) is 0 Å². The lowest BCUT2D eigenvalue weighted by molar-refractivity contribution is -0.175. The van der Waals surface area contributed by atoms with Crippen molar-refractivity contribution in [2.24, 2.45) is 0 Å². The minimum atomic E-state index is -2.74. The summed E-state index contributed by atoms with van der Waals surface area (Å²) in [5.74, 6) is -3.75. The molecule has 0 aromatic carbocycles. The zero-order valence-corrected chi connectivity index (χ0v) is 5.97. The zero-order chi connectivity index (χ0) is 9.94. The van der Waals surface area contributed by atoms with Crippen LogP contribution in [-0.2, 0) is 14.3 Å². The van der Waals surface area contributed by atoms with Crippen LogP contribution >= 0.6 is 0 Å². The summed E-state index contributed by atoms with van der Waals surface area (Å²) in [5.41, 5.74) is -2.74. The average molecular weight is 178 g/mol. The van der Waals surface area contributed by atoms with Crippen molar-refractivity contribution in [2.75, 3.05) is 0 Å². The van der Waals surface area contributed by atoms with E-state index in [0.717, 1.165) is 0 Å². The summed E-state index contributed by atoms with van der Waals surface area (Å²) in [7, 11) is 0. The van der Waals surface area contributed by atoms with Gasteiger partial charge in [-0.25, -0.2) is 14.4 Å². The van der Waals surface area contributed by atoms with Crippen LogP contribution < -0.4 is 0 Å². The van der Waals surface area contributed by atoms with Crippen molar-refractivity contribution in [2.45, 2.75) is 12.5 Å². The molecule has 0 heterocycles. The molecule has 0 aliphatic rings. The summed E-state index contributed by atoms with van der Waals surface area (Å²) in [4.78, 5) is 30.3. The number of carboxylic acid groups (broad SMARTS) is 3. The fraction of sp³-hybridized carbons (Fsp3) is 0.400. The summed E-state index contributed by atoms with van der Waals surface area (Å²) in [5, 5.41) is 24.6. The van der Waals surface area contributed by atoms with Gasteiger partial charge in [0.15, 0.2) is 0 Å². The Kier molecular flexibility index (Phi) is 2.62. The van der Waals surface area contributed by atoms with E-state index in [2.05, 4.69) is 4.74 Å². The third kappa shape index (κ3) is 1.84. The first-order valence-corrected chi connectivity index (χ1v) is 2.69. The van der Waals surface area contributed by atoms with Gasteiger partial charge in [-0.15, -0.1) is 0 Å². The molecule has 0 aliphatic heterocycles. The smallest absolute Gasteiger partial charge is 0.478 e. The van der Waals surface area contributed by atoms with Crippen molar-refractivity contribution < 1.29 is 34.4 Å². The van der Waals surface area contributed by atoms with E-state index >= 15 is 0 Å². The molecule has 0 radical (unpaired) electrons. The maximum absolute atomic E-state index is 10.2. The van der Waals surface area contributed by atoms with Gasteiger partial charge in [-0.3, -0.25) is 0 Å². The molecular formula is C5H6O7. The first-order chi connectivity index (χ1) is 5.30. The molecule has 0 spiro atoms. The Balaban J connectivity index is 4.75. The Hall–Kier alpha value is -1.79. The molecule has 0 bridgehead atoms. The molecule has 0 saturated carbocycles. The number of carbonyl (C=O) groups is 3. The summed E-state index contributed by atoms with van der Waals surface area (Å²) in [6, 6.07) is 0. The van der Waals surface area contributed by atoms with Crippen LogP contribution in [0.2, 0.25) is 0 Å². The van der Waals surface area contributed by atoms with Crippen LogP contribution in [0.15, 0.2) is 0 Å². The summed E-state index contributed by atoms with van der Waals surface area (Å²) in [6.07, 6.45) is -1.96. The molecule has 0 aromatic rings. The van der Waals surface area contributed by atoms with Gasteiger partial charge in [0.2, 0.25) is 0 Å². The summed E-state index contributed by atoms with van der Waals surface area (Å²) in [6.45, 7) is 0.631. The van der Waals surface area contributed by atoms with Crippen LogP contribution in [0.4, 0.5) is 4.79 Å². The normalized spacial score (nSPS) is 10.4. The number of ether oxygens (including phenoxy) is 1. The van der Waals surface area contributed by atoms with Gasteiger partial charge < -0.3 is 20.1 Å². The van der Waals surface area contributed by atoms with Crippen LogP contribution in [0.25, 0.3) is 0 Å². The molecule has 3 N–H and O–H groups in total. The van der Waals surface area contributed by atoms with Crippen LogP contribution in [0.5, 0.6) is 0 Å². The largest absolute Gasteiger partial charge is 0.507 e. The standard InChI is InChI=1S/C5H6O7/c1-5(2(6)7,3(8)9)12-4(10)11/h1H3,(H,6,7)(H,8,9)(H,10,11). The number of rotatable bonds is 3. The third-order valence-electron chi connectivity index (χ3n) is 1.11. The van der Waals surface area contributed by atoms with Crippen molar-refractivity contribution >= 4 is 18.1 Å². The van der Waals surface area contributed by atoms with E-state index in [4.69, 9.17) is 15.3 Å². The number of hydrogen-bond donors (Lipinski definition) is 3. The van der Waals surface area contributed by atoms with Gasteiger partial charge in [0.05, 0.1) is 0 Å². The molecule has 0 fully saturated rings. The summed E-state index contributed by atoms with van der Waals surface area (Å²) < 4.78 is 3.68. The molecule has 0 saturated heterocycles. The van der Waals surface area contributed by atoms with Gasteiger partial charge in [-0.05, 0) is 6.92 Å². The number of hydrogen-bond acceptors (Lipinski definition) is 4. The maximum atomic E-state index is 10.2. The number of carboxylic acids is 2. The molecule has 0 atom stereocenters. The Morgan fingerprint density at radius 3 is 1.50 bits per heavy atom. The van der Waals surface area contributed by atoms with Gasteiger partial charge in [-0.2, -0.15) is 0 Å². The van der Waals surface area contributed by atoms with E-state index in [1.54, 1.807) is 0 Å². The quantitative estimate of drug-likeness (QED) is 0.397. The molecule has 0 aliphatic carbocycles. The molecule has 0 rings (SSSR count). The van der Waals surface area contributed by atoms with E-state index in [0.29, 0.717) is 6.92 Å². The molecule has 12 heavy (non-hydrogen) atoms. The average Bonchev–Trinajstić information content (AvgIpc) is 1.84. The van der Waals surface area contributed by atoms with E-state index in [-0.39, 0.29) is 0 Å². The second-order valence-electron chi connectivity index (χ2n) is 2.01. The van der Waals surface area contributed by atoms with Crippen LogP contribution in [0.3, 0.4) is 0 Å². The molecular weight excluding hydrogens is 172 g/mol.